The lowest BCUT2D eigenvalue weighted by molar-refractivity contribution is -0.225. The summed E-state index contributed by atoms with van der Waals surface area (Å²) < 4.78 is 53.5. The van der Waals surface area contributed by atoms with Crippen LogP contribution in [-0.2, 0) is 39.5 Å². The number of hydrogen-bond donors (Lipinski definition) is 0. The molecule has 0 radical (unpaired) electrons. The van der Waals surface area contributed by atoms with E-state index in [-0.39, 0.29) is 29.5 Å². The molecule has 3 saturated heterocycles. The van der Waals surface area contributed by atoms with Crippen LogP contribution < -0.4 is 4.74 Å². The molecule has 250 valence electrons. The van der Waals surface area contributed by atoms with Crippen molar-refractivity contribution in [2.75, 3.05) is 7.11 Å². The van der Waals surface area contributed by atoms with Gasteiger partial charge in [0.05, 0.1) is 32.0 Å². The third-order valence-corrected chi connectivity index (χ3v) is 15.5. The van der Waals surface area contributed by atoms with Crippen LogP contribution in [0.15, 0.2) is 24.3 Å². The molecule has 0 unspecified atom stereocenters. The SMILES string of the molecule is C#CCC[C@@H](O[Si](C)(C)C(C)(C)C)[C@@H]1C[C@@H]2OC3(CCCC3)O[C@@H]2[C@@H]([C@@H]2OC3(CCCC3)O[C@@H]2OCc2ccc(OC)cc2)O1. The molecule has 0 bridgehead atoms. The summed E-state index contributed by atoms with van der Waals surface area (Å²) in [5.41, 5.74) is 1.04. The minimum atomic E-state index is -2.13. The maximum absolute atomic E-state index is 7.14. The van der Waals surface area contributed by atoms with Gasteiger partial charge in [-0.3, -0.25) is 0 Å². The molecule has 1 aromatic rings. The molecule has 7 atom stereocenters. The molecular weight excluding hydrogens is 588 g/mol. The van der Waals surface area contributed by atoms with Crippen molar-refractivity contribution in [2.24, 2.45) is 0 Å². The first-order valence-corrected chi connectivity index (χ1v) is 20.1. The lowest BCUT2D eigenvalue weighted by atomic mass is 9.91. The summed E-state index contributed by atoms with van der Waals surface area (Å²) in [6, 6.07) is 7.93. The van der Waals surface area contributed by atoms with Crippen LogP contribution >= 0.6 is 0 Å². The van der Waals surface area contributed by atoms with Gasteiger partial charge < -0.3 is 37.6 Å². The number of fused-ring (bicyclic) bond motifs is 1. The van der Waals surface area contributed by atoms with E-state index in [1.54, 1.807) is 7.11 Å². The van der Waals surface area contributed by atoms with Crippen LogP contribution in [0.2, 0.25) is 18.1 Å². The zero-order chi connectivity index (χ0) is 31.9. The maximum Gasteiger partial charge on any atom is 0.192 e. The molecule has 2 spiro atoms. The Labute approximate surface area is 271 Å². The van der Waals surface area contributed by atoms with E-state index in [9.17, 15) is 0 Å². The third kappa shape index (κ3) is 7.05. The van der Waals surface area contributed by atoms with Gasteiger partial charge in [0.1, 0.15) is 24.1 Å². The summed E-state index contributed by atoms with van der Waals surface area (Å²) in [5.74, 6) is 2.45. The van der Waals surface area contributed by atoms with E-state index in [0.717, 1.165) is 69.1 Å². The molecule has 45 heavy (non-hydrogen) atoms. The first-order valence-electron chi connectivity index (χ1n) is 17.2. The first-order chi connectivity index (χ1) is 21.5. The van der Waals surface area contributed by atoms with Gasteiger partial charge >= 0.3 is 0 Å². The van der Waals surface area contributed by atoms with Gasteiger partial charge in [0.2, 0.25) is 0 Å². The molecule has 8 nitrogen and oxygen atoms in total. The zero-order valence-electron chi connectivity index (χ0n) is 28.2. The quantitative estimate of drug-likeness (QED) is 0.195. The number of rotatable bonds is 10. The Balaban J connectivity index is 1.29. The number of benzene rings is 1. The van der Waals surface area contributed by atoms with Crippen molar-refractivity contribution in [3.8, 4) is 18.1 Å². The Morgan fingerprint density at radius 1 is 0.911 bits per heavy atom. The van der Waals surface area contributed by atoms with E-state index in [2.05, 4.69) is 39.8 Å². The lowest BCUT2D eigenvalue weighted by Gasteiger charge is -2.46. The van der Waals surface area contributed by atoms with Crippen molar-refractivity contribution in [2.45, 2.75) is 171 Å². The highest BCUT2D eigenvalue weighted by atomic mass is 28.4. The molecule has 2 aliphatic carbocycles. The van der Waals surface area contributed by atoms with Crippen LogP contribution in [0, 0.1) is 12.3 Å². The molecule has 0 aromatic heterocycles. The van der Waals surface area contributed by atoms with E-state index in [0.29, 0.717) is 19.4 Å². The summed E-state index contributed by atoms with van der Waals surface area (Å²) >= 11 is 0. The molecule has 3 heterocycles. The van der Waals surface area contributed by atoms with Crippen molar-refractivity contribution >= 4 is 8.32 Å². The molecule has 6 rings (SSSR count). The van der Waals surface area contributed by atoms with E-state index in [1.165, 1.54) is 0 Å². The van der Waals surface area contributed by atoms with E-state index in [1.807, 2.05) is 24.3 Å². The number of hydrogen-bond acceptors (Lipinski definition) is 8. The second-order valence-corrected chi connectivity index (χ2v) is 20.0. The highest BCUT2D eigenvalue weighted by molar-refractivity contribution is 6.74. The van der Waals surface area contributed by atoms with Gasteiger partial charge in [-0.15, -0.1) is 12.3 Å². The van der Waals surface area contributed by atoms with Crippen LogP contribution in [0.25, 0.3) is 0 Å². The van der Waals surface area contributed by atoms with Crippen LogP contribution in [-0.4, -0.2) is 69.9 Å². The highest BCUT2D eigenvalue weighted by Crippen LogP contribution is 2.51. The number of terminal acetylenes is 1. The van der Waals surface area contributed by atoms with Gasteiger partial charge in [0.25, 0.3) is 0 Å². The largest absolute Gasteiger partial charge is 0.497 e. The Bertz CT molecular complexity index is 1180. The molecule has 1 aromatic carbocycles. The smallest absolute Gasteiger partial charge is 0.192 e. The highest BCUT2D eigenvalue weighted by Gasteiger charge is 2.62. The van der Waals surface area contributed by atoms with Gasteiger partial charge in [-0.2, -0.15) is 0 Å². The average Bonchev–Trinajstić information content (AvgIpc) is 3.81. The van der Waals surface area contributed by atoms with Crippen molar-refractivity contribution in [1.82, 2.24) is 0 Å². The topological polar surface area (TPSA) is 73.8 Å². The predicted octanol–water partition coefficient (Wildman–Crippen LogP) is 7.24. The summed E-state index contributed by atoms with van der Waals surface area (Å²) in [5, 5.41) is 0.0521. The van der Waals surface area contributed by atoms with Gasteiger partial charge in [-0.1, -0.05) is 32.9 Å². The lowest BCUT2D eigenvalue weighted by Crippen LogP contribution is -2.58. The van der Waals surface area contributed by atoms with Gasteiger partial charge in [-0.25, -0.2) is 0 Å². The molecule has 0 N–H and O–H groups in total. The predicted molar refractivity (Wildman–Crippen MR) is 173 cm³/mol. The minimum Gasteiger partial charge on any atom is -0.497 e. The summed E-state index contributed by atoms with van der Waals surface area (Å²) in [7, 11) is -0.457. The minimum absolute atomic E-state index is 0.0521. The van der Waals surface area contributed by atoms with Crippen LogP contribution in [0.1, 0.15) is 97.0 Å². The zero-order valence-corrected chi connectivity index (χ0v) is 29.2. The van der Waals surface area contributed by atoms with Crippen molar-refractivity contribution < 1.29 is 37.6 Å². The molecular formula is C36H54O8Si. The van der Waals surface area contributed by atoms with Gasteiger partial charge in [0, 0.05) is 38.5 Å². The fourth-order valence-electron chi connectivity index (χ4n) is 7.48. The van der Waals surface area contributed by atoms with Crippen LogP contribution in [0.5, 0.6) is 5.75 Å². The molecule has 2 saturated carbocycles. The van der Waals surface area contributed by atoms with Crippen molar-refractivity contribution in [3.63, 3.8) is 0 Å². The molecule has 0 amide bonds. The number of ether oxygens (including phenoxy) is 7. The van der Waals surface area contributed by atoms with Crippen LogP contribution in [0.4, 0.5) is 0 Å². The van der Waals surface area contributed by atoms with E-state index in [4.69, 9.17) is 44.0 Å². The van der Waals surface area contributed by atoms with Crippen molar-refractivity contribution in [1.29, 1.82) is 0 Å². The third-order valence-electron chi connectivity index (χ3n) is 11.0. The summed E-state index contributed by atoms with van der Waals surface area (Å²) in [6.07, 6.45) is 13.4. The van der Waals surface area contributed by atoms with E-state index < -0.39 is 38.4 Å². The van der Waals surface area contributed by atoms with Gasteiger partial charge in [0.15, 0.2) is 26.2 Å². The average molecular weight is 643 g/mol. The second kappa shape index (κ2) is 13.2. The molecule has 5 fully saturated rings. The Morgan fingerprint density at radius 2 is 1.53 bits per heavy atom. The van der Waals surface area contributed by atoms with Crippen molar-refractivity contribution in [3.05, 3.63) is 29.8 Å². The fraction of sp³-hybridized carbons (Fsp3) is 0.778. The normalized spacial score (nSPS) is 33.0. The molecule has 9 heteroatoms. The summed E-state index contributed by atoms with van der Waals surface area (Å²) in [6.45, 7) is 11.8. The Morgan fingerprint density at radius 3 is 2.13 bits per heavy atom. The Hall–Kier alpha value is -1.48. The monoisotopic (exact) mass is 642 g/mol. The van der Waals surface area contributed by atoms with Gasteiger partial charge in [-0.05, 0) is 67.9 Å². The van der Waals surface area contributed by atoms with Crippen LogP contribution in [0.3, 0.4) is 0 Å². The summed E-state index contributed by atoms with van der Waals surface area (Å²) in [4.78, 5) is 0. The first kappa shape index (κ1) is 33.4. The number of methoxy groups -OCH3 is 1. The molecule has 5 aliphatic rings. The Kier molecular flexibility index (Phi) is 9.80. The molecule has 3 aliphatic heterocycles. The standard InChI is InChI=1S/C36H54O8Si/c1-8-9-14-27(44-45(6,7)34(2,3)4)28-23-29-30(41-35(40-29)19-10-11-20-35)31(39-28)32-33(43-36(42-32)21-12-13-22-36)38-24-25-15-17-26(37-5)18-16-25/h1,15-18,27-33H,9-14,19-24H2,2-7H3/t27-,28+,29+,30+,31+,32+,33+/m1/s1. The van der Waals surface area contributed by atoms with E-state index >= 15 is 0 Å². The fourth-order valence-corrected chi connectivity index (χ4v) is 8.86. The maximum atomic E-state index is 7.14. The second-order valence-electron chi connectivity index (χ2n) is 15.2.